The van der Waals surface area contributed by atoms with E-state index in [2.05, 4.69) is 65.4 Å². The van der Waals surface area contributed by atoms with Crippen LogP contribution < -0.4 is 5.32 Å². The summed E-state index contributed by atoms with van der Waals surface area (Å²) in [6.07, 6.45) is 1.10. The smallest absolute Gasteiger partial charge is 0.0701 e. The zero-order valence-corrected chi connectivity index (χ0v) is 13.2. The number of nitrogens with one attached hydrogen (secondary N) is 1. The molecule has 3 heteroatoms. The highest BCUT2D eigenvalue weighted by Gasteiger charge is 2.00. The molecule has 0 amide bonds. The molecule has 18 heavy (non-hydrogen) atoms. The minimum atomic E-state index is 0.957. The Morgan fingerprint density at radius 2 is 2.00 bits per heavy atom. The van der Waals surface area contributed by atoms with Crippen LogP contribution >= 0.6 is 27.3 Å². The molecule has 0 radical (unpaired) electrons. The van der Waals surface area contributed by atoms with Gasteiger partial charge in [0.1, 0.15) is 0 Å². The first-order valence-corrected chi connectivity index (χ1v) is 7.77. The molecule has 0 aliphatic carbocycles. The first-order chi connectivity index (χ1) is 8.65. The number of aryl methyl sites for hydroxylation is 2. The largest absolute Gasteiger partial charge is 0.312 e. The SMILES string of the molecule is Cc1ccc(CNCCc2ccc(Br)s2)c(C)c1. The summed E-state index contributed by atoms with van der Waals surface area (Å²) >= 11 is 5.31. The van der Waals surface area contributed by atoms with E-state index in [1.807, 2.05) is 11.3 Å². The summed E-state index contributed by atoms with van der Waals surface area (Å²) in [6, 6.07) is 10.9. The van der Waals surface area contributed by atoms with Gasteiger partial charge in [-0.05, 0) is 59.5 Å². The number of halogens is 1. The number of benzene rings is 1. The van der Waals surface area contributed by atoms with E-state index in [0.29, 0.717) is 0 Å². The third-order valence-electron chi connectivity index (χ3n) is 2.99. The maximum atomic E-state index is 3.51. The molecule has 0 bridgehead atoms. The molecular formula is C15H18BrNS. The molecule has 96 valence electrons. The van der Waals surface area contributed by atoms with Crippen molar-refractivity contribution in [2.75, 3.05) is 6.54 Å². The molecule has 2 aromatic rings. The van der Waals surface area contributed by atoms with Crippen molar-refractivity contribution in [2.45, 2.75) is 26.8 Å². The minimum absolute atomic E-state index is 0.957. The van der Waals surface area contributed by atoms with Gasteiger partial charge in [-0.1, -0.05) is 23.8 Å². The number of rotatable bonds is 5. The van der Waals surface area contributed by atoms with Gasteiger partial charge >= 0.3 is 0 Å². The fraction of sp³-hybridized carbons (Fsp3) is 0.333. The number of thiophene rings is 1. The minimum Gasteiger partial charge on any atom is -0.312 e. The summed E-state index contributed by atoms with van der Waals surface area (Å²) in [5.74, 6) is 0. The Balaban J connectivity index is 1.78. The highest BCUT2D eigenvalue weighted by atomic mass is 79.9. The second-order valence-electron chi connectivity index (χ2n) is 4.56. The molecule has 0 saturated carbocycles. The fourth-order valence-corrected chi connectivity index (χ4v) is 3.45. The van der Waals surface area contributed by atoms with E-state index >= 15 is 0 Å². The van der Waals surface area contributed by atoms with Crippen LogP contribution in [0.5, 0.6) is 0 Å². The molecule has 0 aliphatic rings. The maximum Gasteiger partial charge on any atom is 0.0701 e. The molecule has 1 aromatic heterocycles. The van der Waals surface area contributed by atoms with E-state index in [9.17, 15) is 0 Å². The van der Waals surface area contributed by atoms with Gasteiger partial charge in [-0.15, -0.1) is 11.3 Å². The highest BCUT2D eigenvalue weighted by molar-refractivity contribution is 9.11. The van der Waals surface area contributed by atoms with E-state index in [-0.39, 0.29) is 0 Å². The molecule has 1 nitrogen and oxygen atoms in total. The molecule has 0 atom stereocenters. The Morgan fingerprint density at radius 1 is 1.17 bits per heavy atom. The molecule has 0 aliphatic heterocycles. The van der Waals surface area contributed by atoms with Crippen LogP contribution in [0.3, 0.4) is 0 Å². The Hall–Kier alpha value is -0.640. The molecule has 1 N–H and O–H groups in total. The molecule has 1 aromatic carbocycles. The number of hydrogen-bond donors (Lipinski definition) is 1. The predicted octanol–water partition coefficient (Wildman–Crippen LogP) is 4.46. The first kappa shape index (κ1) is 13.8. The molecule has 2 rings (SSSR count). The summed E-state index contributed by atoms with van der Waals surface area (Å²) in [4.78, 5) is 1.43. The van der Waals surface area contributed by atoms with Gasteiger partial charge in [0.15, 0.2) is 0 Å². The van der Waals surface area contributed by atoms with Crippen LogP contribution in [0.1, 0.15) is 21.6 Å². The first-order valence-electron chi connectivity index (χ1n) is 6.16. The van der Waals surface area contributed by atoms with Crippen LogP contribution in [0.25, 0.3) is 0 Å². The van der Waals surface area contributed by atoms with Crippen LogP contribution in [0.15, 0.2) is 34.1 Å². The quantitative estimate of drug-likeness (QED) is 0.801. The lowest BCUT2D eigenvalue weighted by Gasteiger charge is -2.08. The fourth-order valence-electron chi connectivity index (χ4n) is 1.96. The van der Waals surface area contributed by atoms with Gasteiger partial charge in [-0.2, -0.15) is 0 Å². The number of hydrogen-bond acceptors (Lipinski definition) is 2. The maximum absolute atomic E-state index is 3.51. The van der Waals surface area contributed by atoms with E-state index in [1.54, 1.807) is 0 Å². The molecule has 0 unspecified atom stereocenters. The second kappa shape index (κ2) is 6.50. The van der Waals surface area contributed by atoms with Crippen molar-refractivity contribution in [1.29, 1.82) is 0 Å². The Morgan fingerprint density at radius 3 is 2.67 bits per heavy atom. The van der Waals surface area contributed by atoms with Crippen molar-refractivity contribution in [3.05, 3.63) is 55.7 Å². The Bertz CT molecular complexity index is 519. The van der Waals surface area contributed by atoms with Crippen molar-refractivity contribution in [1.82, 2.24) is 5.32 Å². The molecule has 1 heterocycles. The average Bonchev–Trinajstić information content (AvgIpc) is 2.73. The Kier molecular flexibility index (Phi) is 4.98. The lowest BCUT2D eigenvalue weighted by molar-refractivity contribution is 0.688. The topological polar surface area (TPSA) is 12.0 Å². The van der Waals surface area contributed by atoms with Gasteiger partial charge in [0.25, 0.3) is 0 Å². The van der Waals surface area contributed by atoms with Gasteiger partial charge in [-0.3, -0.25) is 0 Å². The van der Waals surface area contributed by atoms with Crippen molar-refractivity contribution in [2.24, 2.45) is 0 Å². The van der Waals surface area contributed by atoms with Gasteiger partial charge in [0, 0.05) is 18.0 Å². The standard InChI is InChI=1S/C15H18BrNS/c1-11-3-4-13(12(2)9-11)10-17-8-7-14-5-6-15(16)18-14/h3-6,9,17H,7-8,10H2,1-2H3. The summed E-state index contributed by atoms with van der Waals surface area (Å²) in [6.45, 7) is 6.30. The molecular weight excluding hydrogens is 306 g/mol. The Labute approximate surface area is 121 Å². The molecule has 0 fully saturated rings. The van der Waals surface area contributed by atoms with Gasteiger partial charge < -0.3 is 5.32 Å². The van der Waals surface area contributed by atoms with Crippen LogP contribution in [-0.2, 0) is 13.0 Å². The van der Waals surface area contributed by atoms with E-state index < -0.39 is 0 Å². The summed E-state index contributed by atoms with van der Waals surface area (Å²) in [7, 11) is 0. The third kappa shape index (κ3) is 3.94. The van der Waals surface area contributed by atoms with E-state index in [1.165, 1.54) is 25.4 Å². The van der Waals surface area contributed by atoms with Gasteiger partial charge in [0.2, 0.25) is 0 Å². The summed E-state index contributed by atoms with van der Waals surface area (Å²) in [5.41, 5.74) is 4.11. The third-order valence-corrected chi connectivity index (χ3v) is 4.67. The van der Waals surface area contributed by atoms with Crippen LogP contribution in [-0.4, -0.2) is 6.54 Å². The van der Waals surface area contributed by atoms with E-state index in [4.69, 9.17) is 0 Å². The molecule has 0 saturated heterocycles. The zero-order valence-electron chi connectivity index (χ0n) is 10.8. The van der Waals surface area contributed by atoms with Crippen molar-refractivity contribution >= 4 is 27.3 Å². The predicted molar refractivity (Wildman–Crippen MR) is 83.3 cm³/mol. The second-order valence-corrected chi connectivity index (χ2v) is 7.11. The van der Waals surface area contributed by atoms with Gasteiger partial charge in [-0.25, -0.2) is 0 Å². The van der Waals surface area contributed by atoms with Crippen molar-refractivity contribution in [3.8, 4) is 0 Å². The van der Waals surface area contributed by atoms with Crippen LogP contribution in [0.4, 0.5) is 0 Å². The lowest BCUT2D eigenvalue weighted by Crippen LogP contribution is -2.16. The lowest BCUT2D eigenvalue weighted by atomic mass is 10.1. The average molecular weight is 324 g/mol. The van der Waals surface area contributed by atoms with Crippen molar-refractivity contribution < 1.29 is 0 Å². The zero-order chi connectivity index (χ0) is 13.0. The van der Waals surface area contributed by atoms with Crippen molar-refractivity contribution in [3.63, 3.8) is 0 Å². The van der Waals surface area contributed by atoms with Crippen LogP contribution in [0.2, 0.25) is 0 Å². The van der Waals surface area contributed by atoms with E-state index in [0.717, 1.165) is 19.5 Å². The molecule has 0 spiro atoms. The summed E-state index contributed by atoms with van der Waals surface area (Å²) < 4.78 is 1.21. The van der Waals surface area contributed by atoms with Gasteiger partial charge in [0.05, 0.1) is 3.79 Å². The summed E-state index contributed by atoms with van der Waals surface area (Å²) in [5, 5.41) is 3.51. The van der Waals surface area contributed by atoms with Crippen LogP contribution in [0, 0.1) is 13.8 Å². The monoisotopic (exact) mass is 323 g/mol. The highest BCUT2D eigenvalue weighted by Crippen LogP contribution is 2.22. The normalized spacial score (nSPS) is 10.8.